The van der Waals surface area contributed by atoms with Gasteiger partial charge in [0.15, 0.2) is 0 Å². The van der Waals surface area contributed by atoms with Gasteiger partial charge >= 0.3 is 11.9 Å². The van der Waals surface area contributed by atoms with Gasteiger partial charge in [0.1, 0.15) is 0 Å². The van der Waals surface area contributed by atoms with Gasteiger partial charge in [0.2, 0.25) is 12.2 Å². The summed E-state index contributed by atoms with van der Waals surface area (Å²) in [7, 11) is 0. The molecule has 0 saturated heterocycles. The maximum absolute atomic E-state index is 12.9. The first kappa shape index (κ1) is 36.8. The van der Waals surface area contributed by atoms with Crippen LogP contribution in [0, 0.1) is 0 Å². The molecule has 9 nitrogen and oxygen atoms in total. The summed E-state index contributed by atoms with van der Waals surface area (Å²) in [6.45, 7) is 6.67. The van der Waals surface area contributed by atoms with Gasteiger partial charge in [-0.1, -0.05) is 104 Å². The van der Waals surface area contributed by atoms with E-state index >= 15 is 0 Å². The molecule has 0 unspecified atom stereocenters. The normalized spacial score (nSPS) is 12.4. The average Bonchev–Trinajstić information content (AvgIpc) is 2.92. The van der Waals surface area contributed by atoms with Gasteiger partial charge in [0, 0.05) is 32.5 Å². The van der Waals surface area contributed by atoms with Crippen LogP contribution in [0.5, 0.6) is 0 Å². The lowest BCUT2D eigenvalue weighted by molar-refractivity contribution is -0.176. The van der Waals surface area contributed by atoms with Crippen molar-refractivity contribution in [1.82, 2.24) is 10.6 Å². The first-order valence-corrected chi connectivity index (χ1v) is 15.6. The van der Waals surface area contributed by atoms with E-state index in [0.717, 1.165) is 38.5 Å². The largest absolute Gasteiger partial charge is 0.448 e. The smallest absolute Gasteiger partial charge is 0.306 e. The average molecular weight is 556 g/mol. The fraction of sp³-hybridized carbons (Fsp3) is 0.867. The second-order valence-electron chi connectivity index (χ2n) is 10.2. The summed E-state index contributed by atoms with van der Waals surface area (Å²) in [5, 5.41) is 5.14. The number of hydrogen-bond acceptors (Lipinski definition) is 7. The van der Waals surface area contributed by atoms with E-state index in [1.54, 1.807) is 6.92 Å². The lowest BCUT2D eigenvalue weighted by atomic mass is 10.1. The van der Waals surface area contributed by atoms with Crippen molar-refractivity contribution in [2.45, 2.75) is 149 Å². The third-order valence-corrected chi connectivity index (χ3v) is 6.57. The molecule has 39 heavy (non-hydrogen) atoms. The van der Waals surface area contributed by atoms with E-state index in [2.05, 4.69) is 24.5 Å². The highest BCUT2D eigenvalue weighted by molar-refractivity contribution is 5.93. The van der Waals surface area contributed by atoms with Crippen LogP contribution in [0.25, 0.3) is 0 Å². The minimum absolute atomic E-state index is 0.129. The van der Waals surface area contributed by atoms with Crippen molar-refractivity contribution in [3.8, 4) is 0 Å². The Bertz CT molecular complexity index is 659. The molecule has 0 heterocycles. The zero-order valence-corrected chi connectivity index (χ0v) is 25.0. The van der Waals surface area contributed by atoms with Crippen molar-refractivity contribution in [2.24, 2.45) is 5.73 Å². The van der Waals surface area contributed by atoms with Gasteiger partial charge < -0.3 is 25.8 Å². The summed E-state index contributed by atoms with van der Waals surface area (Å²) in [5.41, 5.74) is 5.50. The standard InChI is InChI=1S/C30H57N3O6/c1-4-7-9-11-13-15-17-19-21-25(34)38-27(29(36)32-6-3)28(30(37)33-24-23-31)39-26(35)22-20-18-16-14-12-10-8-5-2/h27-28H,4-24,31H2,1-3H3,(H,32,36)(H,33,37)/t27-,28-/m1/s1. The van der Waals surface area contributed by atoms with E-state index in [4.69, 9.17) is 15.2 Å². The Morgan fingerprint density at radius 2 is 0.923 bits per heavy atom. The zero-order valence-electron chi connectivity index (χ0n) is 25.0. The molecule has 9 heteroatoms. The molecule has 2 atom stereocenters. The van der Waals surface area contributed by atoms with Crippen molar-refractivity contribution in [1.29, 1.82) is 0 Å². The molecule has 0 aliphatic rings. The fourth-order valence-corrected chi connectivity index (χ4v) is 4.28. The monoisotopic (exact) mass is 555 g/mol. The van der Waals surface area contributed by atoms with Crippen molar-refractivity contribution < 1.29 is 28.7 Å². The molecule has 0 aromatic rings. The Labute approximate surface area is 237 Å². The number of nitrogens with two attached hydrogens (primary N) is 1. The number of amides is 2. The van der Waals surface area contributed by atoms with E-state index < -0.39 is 36.0 Å². The molecule has 0 bridgehead atoms. The lowest BCUT2D eigenvalue weighted by Gasteiger charge is -2.25. The summed E-state index contributed by atoms with van der Waals surface area (Å²) >= 11 is 0. The van der Waals surface area contributed by atoms with Crippen LogP contribution >= 0.6 is 0 Å². The van der Waals surface area contributed by atoms with Gasteiger partial charge in [0.25, 0.3) is 11.8 Å². The Kier molecular flexibility index (Phi) is 24.6. The number of carbonyl (C=O) groups excluding carboxylic acids is 4. The Balaban J connectivity index is 4.97. The summed E-state index contributed by atoms with van der Waals surface area (Å²) in [6.07, 6.45) is 14.3. The Morgan fingerprint density at radius 3 is 1.28 bits per heavy atom. The van der Waals surface area contributed by atoms with Crippen LogP contribution in [-0.2, 0) is 28.7 Å². The van der Waals surface area contributed by atoms with Gasteiger partial charge in [-0.15, -0.1) is 0 Å². The molecule has 0 rings (SSSR count). The van der Waals surface area contributed by atoms with Gasteiger partial charge in [-0.2, -0.15) is 0 Å². The number of rotatable bonds is 26. The van der Waals surface area contributed by atoms with Crippen LogP contribution in [0.3, 0.4) is 0 Å². The summed E-state index contributed by atoms with van der Waals surface area (Å²) < 4.78 is 10.9. The summed E-state index contributed by atoms with van der Waals surface area (Å²) in [6, 6.07) is 0. The fourth-order valence-electron chi connectivity index (χ4n) is 4.28. The van der Waals surface area contributed by atoms with Gasteiger partial charge in [0.05, 0.1) is 0 Å². The molecule has 0 saturated carbocycles. The molecule has 0 aliphatic heterocycles. The number of nitrogens with one attached hydrogen (secondary N) is 2. The predicted octanol–water partition coefficient (Wildman–Crippen LogP) is 5.08. The van der Waals surface area contributed by atoms with Crippen molar-refractivity contribution in [3.63, 3.8) is 0 Å². The minimum Gasteiger partial charge on any atom is -0.448 e. The number of likely N-dealkylation sites (N-methyl/N-ethyl adjacent to an activating group) is 1. The van der Waals surface area contributed by atoms with Crippen LogP contribution in [0.1, 0.15) is 136 Å². The minimum atomic E-state index is -1.58. The molecule has 0 fully saturated rings. The Hall–Kier alpha value is -2.16. The summed E-state index contributed by atoms with van der Waals surface area (Å²) in [4.78, 5) is 50.9. The molecule has 0 aromatic carbocycles. The molecule has 0 spiro atoms. The molecular formula is C30H57N3O6. The van der Waals surface area contributed by atoms with E-state index in [0.29, 0.717) is 12.8 Å². The van der Waals surface area contributed by atoms with Crippen LogP contribution in [0.2, 0.25) is 0 Å². The highest BCUT2D eigenvalue weighted by Crippen LogP contribution is 2.15. The van der Waals surface area contributed by atoms with E-state index in [-0.39, 0.29) is 32.5 Å². The van der Waals surface area contributed by atoms with Gasteiger partial charge in [-0.05, 0) is 19.8 Å². The number of ether oxygens (including phenoxy) is 2. The van der Waals surface area contributed by atoms with E-state index in [1.807, 2.05) is 0 Å². The second kappa shape index (κ2) is 26.1. The highest BCUT2D eigenvalue weighted by atomic mass is 16.6. The molecule has 228 valence electrons. The van der Waals surface area contributed by atoms with Crippen molar-refractivity contribution >= 4 is 23.8 Å². The van der Waals surface area contributed by atoms with Crippen molar-refractivity contribution in [3.05, 3.63) is 0 Å². The molecule has 0 aromatic heterocycles. The summed E-state index contributed by atoms with van der Waals surface area (Å²) in [5.74, 6) is -2.56. The third-order valence-electron chi connectivity index (χ3n) is 6.57. The van der Waals surface area contributed by atoms with Crippen LogP contribution in [0.15, 0.2) is 0 Å². The predicted molar refractivity (Wildman–Crippen MR) is 155 cm³/mol. The number of esters is 2. The number of carbonyl (C=O) groups is 4. The van der Waals surface area contributed by atoms with Crippen LogP contribution < -0.4 is 16.4 Å². The molecular weight excluding hydrogens is 498 g/mol. The molecule has 2 amide bonds. The van der Waals surface area contributed by atoms with Gasteiger partial charge in [-0.3, -0.25) is 19.2 Å². The topological polar surface area (TPSA) is 137 Å². The quantitative estimate of drug-likeness (QED) is 0.0999. The van der Waals surface area contributed by atoms with Crippen molar-refractivity contribution in [2.75, 3.05) is 19.6 Å². The third kappa shape index (κ3) is 20.4. The maximum Gasteiger partial charge on any atom is 0.306 e. The SMILES string of the molecule is CCCCCCCCCCC(=O)O[C@@H](C(=O)NCC)[C@@H](OC(=O)CCCCCCCCCC)C(=O)NCCN. The highest BCUT2D eigenvalue weighted by Gasteiger charge is 2.39. The maximum atomic E-state index is 12.9. The molecule has 0 aliphatic carbocycles. The number of hydrogen-bond donors (Lipinski definition) is 3. The molecule has 0 radical (unpaired) electrons. The second-order valence-corrected chi connectivity index (χ2v) is 10.2. The van der Waals surface area contributed by atoms with E-state index in [1.165, 1.54) is 51.4 Å². The lowest BCUT2D eigenvalue weighted by Crippen LogP contribution is -2.53. The first-order chi connectivity index (χ1) is 18.9. The van der Waals surface area contributed by atoms with Crippen LogP contribution in [0.4, 0.5) is 0 Å². The van der Waals surface area contributed by atoms with Gasteiger partial charge in [-0.25, -0.2) is 0 Å². The number of unbranched alkanes of at least 4 members (excludes halogenated alkanes) is 14. The zero-order chi connectivity index (χ0) is 29.1. The van der Waals surface area contributed by atoms with Crippen LogP contribution in [-0.4, -0.2) is 55.6 Å². The Morgan fingerprint density at radius 1 is 0.564 bits per heavy atom. The van der Waals surface area contributed by atoms with E-state index in [9.17, 15) is 19.2 Å². The first-order valence-electron chi connectivity index (χ1n) is 15.6. The molecule has 4 N–H and O–H groups in total.